The summed E-state index contributed by atoms with van der Waals surface area (Å²) in [5.41, 5.74) is 2.06. The van der Waals surface area contributed by atoms with Gasteiger partial charge in [-0.3, -0.25) is 4.68 Å². The van der Waals surface area contributed by atoms with Crippen LogP contribution in [0.1, 0.15) is 24.4 Å². The second-order valence-electron chi connectivity index (χ2n) is 4.44. The van der Waals surface area contributed by atoms with E-state index in [4.69, 9.17) is 0 Å². The summed E-state index contributed by atoms with van der Waals surface area (Å²) in [5.74, 6) is 0. The van der Waals surface area contributed by atoms with Crippen LogP contribution in [0.3, 0.4) is 0 Å². The number of hydrogen-bond acceptors (Lipinski definition) is 4. The minimum absolute atomic E-state index is 0.495. The molecule has 0 saturated carbocycles. The lowest BCUT2D eigenvalue weighted by molar-refractivity contribution is 0.591. The summed E-state index contributed by atoms with van der Waals surface area (Å²) in [6.07, 6.45) is 1.94. The first-order chi connectivity index (χ1) is 8.06. The van der Waals surface area contributed by atoms with Crippen molar-refractivity contribution in [3.8, 4) is 10.7 Å². The van der Waals surface area contributed by atoms with Crippen molar-refractivity contribution >= 4 is 11.3 Å². The molecule has 0 spiro atoms. The van der Waals surface area contributed by atoms with Crippen molar-refractivity contribution in [2.24, 2.45) is 7.05 Å². The van der Waals surface area contributed by atoms with Gasteiger partial charge in [0.15, 0.2) is 0 Å². The fraction of sp³-hybridized carbons (Fsp3) is 0.500. The Morgan fingerprint density at radius 1 is 1.47 bits per heavy atom. The third-order valence-corrected chi connectivity index (χ3v) is 3.68. The van der Waals surface area contributed by atoms with Gasteiger partial charge >= 0.3 is 0 Å². The molecule has 17 heavy (non-hydrogen) atoms. The van der Waals surface area contributed by atoms with Crippen molar-refractivity contribution in [2.75, 3.05) is 0 Å². The zero-order chi connectivity index (χ0) is 12.4. The molecule has 0 aliphatic rings. The monoisotopic (exact) mass is 250 g/mol. The zero-order valence-corrected chi connectivity index (χ0v) is 11.5. The number of thiazole rings is 1. The lowest BCUT2D eigenvalue weighted by atomic mass is 10.3. The molecule has 2 aromatic rings. The minimum atomic E-state index is 0.495. The fourth-order valence-electron chi connectivity index (χ4n) is 1.53. The van der Waals surface area contributed by atoms with E-state index in [0.29, 0.717) is 6.04 Å². The maximum Gasteiger partial charge on any atom is 0.144 e. The first kappa shape index (κ1) is 12.3. The Morgan fingerprint density at radius 2 is 2.24 bits per heavy atom. The minimum Gasteiger partial charge on any atom is -0.310 e. The number of nitrogens with zero attached hydrogens (tertiary/aromatic N) is 3. The van der Waals surface area contributed by atoms with Crippen LogP contribution in [0.5, 0.6) is 0 Å². The Kier molecular flexibility index (Phi) is 3.59. The second kappa shape index (κ2) is 4.98. The first-order valence-corrected chi connectivity index (χ1v) is 6.57. The van der Waals surface area contributed by atoms with Crippen molar-refractivity contribution in [1.29, 1.82) is 0 Å². The van der Waals surface area contributed by atoms with E-state index in [1.54, 1.807) is 16.0 Å². The standard InChI is InChI=1S/C12H18N4S/c1-8(2)13-7-11-9(3)14-12(17-11)10-5-6-16(4)15-10/h5-6,8,13H,7H2,1-4H3. The maximum atomic E-state index is 4.57. The summed E-state index contributed by atoms with van der Waals surface area (Å²) < 4.78 is 1.80. The van der Waals surface area contributed by atoms with Crippen LogP contribution < -0.4 is 5.32 Å². The highest BCUT2D eigenvalue weighted by Crippen LogP contribution is 2.26. The van der Waals surface area contributed by atoms with Crippen molar-refractivity contribution in [3.63, 3.8) is 0 Å². The second-order valence-corrected chi connectivity index (χ2v) is 5.52. The summed E-state index contributed by atoms with van der Waals surface area (Å²) >= 11 is 1.72. The normalized spacial score (nSPS) is 11.4. The van der Waals surface area contributed by atoms with Crippen molar-refractivity contribution < 1.29 is 0 Å². The molecule has 92 valence electrons. The quantitative estimate of drug-likeness (QED) is 0.905. The highest BCUT2D eigenvalue weighted by atomic mass is 32.1. The molecule has 0 aromatic carbocycles. The van der Waals surface area contributed by atoms with Gasteiger partial charge in [-0.05, 0) is 13.0 Å². The van der Waals surface area contributed by atoms with E-state index in [2.05, 4.69) is 36.2 Å². The molecule has 2 heterocycles. The van der Waals surface area contributed by atoms with Gasteiger partial charge in [-0.15, -0.1) is 11.3 Å². The zero-order valence-electron chi connectivity index (χ0n) is 10.7. The van der Waals surface area contributed by atoms with Gasteiger partial charge < -0.3 is 5.32 Å². The Morgan fingerprint density at radius 3 is 2.82 bits per heavy atom. The lowest BCUT2D eigenvalue weighted by Crippen LogP contribution is -2.21. The highest BCUT2D eigenvalue weighted by molar-refractivity contribution is 7.15. The summed E-state index contributed by atoms with van der Waals surface area (Å²) in [6.45, 7) is 7.24. The average Bonchev–Trinajstić information content (AvgIpc) is 2.82. The van der Waals surface area contributed by atoms with Crippen molar-refractivity contribution in [3.05, 3.63) is 22.8 Å². The average molecular weight is 250 g/mol. The van der Waals surface area contributed by atoms with Crippen LogP contribution in [0.15, 0.2) is 12.3 Å². The Hall–Kier alpha value is -1.20. The SMILES string of the molecule is Cc1nc(-c2ccn(C)n2)sc1CNC(C)C. The number of nitrogens with one attached hydrogen (secondary N) is 1. The van der Waals surface area contributed by atoms with Gasteiger partial charge in [-0.2, -0.15) is 5.10 Å². The van der Waals surface area contributed by atoms with E-state index in [0.717, 1.165) is 22.9 Å². The molecule has 2 rings (SSSR count). The summed E-state index contributed by atoms with van der Waals surface area (Å²) in [4.78, 5) is 5.87. The third-order valence-electron chi connectivity index (χ3n) is 2.50. The fourth-order valence-corrected chi connectivity index (χ4v) is 2.51. The van der Waals surface area contributed by atoms with Gasteiger partial charge in [0.25, 0.3) is 0 Å². The summed E-state index contributed by atoms with van der Waals surface area (Å²) in [7, 11) is 1.92. The predicted octanol–water partition coefficient (Wildman–Crippen LogP) is 2.35. The lowest BCUT2D eigenvalue weighted by Gasteiger charge is -2.05. The van der Waals surface area contributed by atoms with Crippen LogP contribution in [0.4, 0.5) is 0 Å². The van der Waals surface area contributed by atoms with Crippen LogP contribution >= 0.6 is 11.3 Å². The van der Waals surface area contributed by atoms with E-state index >= 15 is 0 Å². The van der Waals surface area contributed by atoms with Crippen molar-refractivity contribution in [1.82, 2.24) is 20.1 Å². The van der Waals surface area contributed by atoms with Crippen LogP contribution in [-0.4, -0.2) is 20.8 Å². The van der Waals surface area contributed by atoms with Gasteiger partial charge in [-0.25, -0.2) is 4.98 Å². The topological polar surface area (TPSA) is 42.7 Å². The molecule has 0 saturated heterocycles. The third kappa shape index (κ3) is 2.92. The Balaban J connectivity index is 2.18. The Labute approximate surface area is 106 Å². The number of aromatic nitrogens is 3. The molecule has 2 aromatic heterocycles. The molecule has 0 unspecified atom stereocenters. The summed E-state index contributed by atoms with van der Waals surface area (Å²) in [6, 6.07) is 2.49. The maximum absolute atomic E-state index is 4.57. The Bertz CT molecular complexity index is 498. The molecular formula is C12H18N4S. The molecular weight excluding hydrogens is 232 g/mol. The largest absolute Gasteiger partial charge is 0.310 e. The molecule has 0 aliphatic heterocycles. The van der Waals surface area contributed by atoms with Gasteiger partial charge in [0.1, 0.15) is 10.7 Å². The van der Waals surface area contributed by atoms with E-state index < -0.39 is 0 Å². The van der Waals surface area contributed by atoms with Gasteiger partial charge in [0.2, 0.25) is 0 Å². The number of rotatable bonds is 4. The molecule has 0 aliphatic carbocycles. The molecule has 0 amide bonds. The van der Waals surface area contributed by atoms with Gasteiger partial charge in [0, 0.05) is 30.7 Å². The van der Waals surface area contributed by atoms with E-state index in [-0.39, 0.29) is 0 Å². The summed E-state index contributed by atoms with van der Waals surface area (Å²) in [5, 5.41) is 8.80. The molecule has 0 fully saturated rings. The molecule has 1 N–H and O–H groups in total. The number of hydrogen-bond donors (Lipinski definition) is 1. The van der Waals surface area contributed by atoms with Gasteiger partial charge in [0.05, 0.1) is 5.69 Å². The van der Waals surface area contributed by atoms with Crippen molar-refractivity contribution in [2.45, 2.75) is 33.4 Å². The van der Waals surface area contributed by atoms with Gasteiger partial charge in [-0.1, -0.05) is 13.8 Å². The van der Waals surface area contributed by atoms with Crippen LogP contribution in [0.2, 0.25) is 0 Å². The molecule has 0 atom stereocenters. The predicted molar refractivity (Wildman–Crippen MR) is 71.0 cm³/mol. The number of aryl methyl sites for hydroxylation is 2. The highest BCUT2D eigenvalue weighted by Gasteiger charge is 2.11. The van der Waals surface area contributed by atoms with E-state index in [9.17, 15) is 0 Å². The molecule has 0 bridgehead atoms. The molecule has 0 radical (unpaired) electrons. The molecule has 4 nitrogen and oxygen atoms in total. The van der Waals surface area contributed by atoms with E-state index in [1.807, 2.05) is 19.3 Å². The van der Waals surface area contributed by atoms with Crippen LogP contribution in [0, 0.1) is 6.92 Å². The smallest absolute Gasteiger partial charge is 0.144 e. The van der Waals surface area contributed by atoms with Crippen LogP contribution in [-0.2, 0) is 13.6 Å². The first-order valence-electron chi connectivity index (χ1n) is 5.76. The molecule has 5 heteroatoms. The van der Waals surface area contributed by atoms with Crippen LogP contribution in [0.25, 0.3) is 10.7 Å². The van der Waals surface area contributed by atoms with E-state index in [1.165, 1.54) is 4.88 Å².